The van der Waals surface area contributed by atoms with Gasteiger partial charge in [-0.05, 0) is 61.2 Å². The molecule has 1 amide bonds. The first-order valence-corrected chi connectivity index (χ1v) is 11.3. The summed E-state index contributed by atoms with van der Waals surface area (Å²) >= 11 is 12.0. The molecule has 1 atom stereocenters. The number of piperidine rings is 1. The van der Waals surface area contributed by atoms with E-state index < -0.39 is 10.0 Å². The van der Waals surface area contributed by atoms with Gasteiger partial charge in [-0.25, -0.2) is 8.42 Å². The maximum atomic E-state index is 13.3. The molecule has 5 nitrogen and oxygen atoms in total. The largest absolute Gasteiger partial charge is 0.341 e. The van der Waals surface area contributed by atoms with Crippen LogP contribution in [0.5, 0.6) is 0 Å². The van der Waals surface area contributed by atoms with Gasteiger partial charge in [-0.15, -0.1) is 0 Å². The van der Waals surface area contributed by atoms with E-state index in [0.29, 0.717) is 34.7 Å². The number of carbonyl (C=O) groups excluding carboxylic acids is 1. The van der Waals surface area contributed by atoms with E-state index in [1.54, 1.807) is 29.2 Å². The second-order valence-electron chi connectivity index (χ2n) is 7.03. The molecule has 3 rings (SSSR count). The molecule has 0 unspecified atom stereocenters. The van der Waals surface area contributed by atoms with Crippen LogP contribution in [0, 0.1) is 5.92 Å². The predicted molar refractivity (Wildman–Crippen MR) is 112 cm³/mol. The molecular weight excluding hydrogens is 419 g/mol. The molecule has 0 aromatic heterocycles. The number of likely N-dealkylation sites (tertiary alicyclic amines) is 1. The molecule has 0 spiro atoms. The summed E-state index contributed by atoms with van der Waals surface area (Å²) in [5.41, 5.74) is 0.348. The number of hydrogen-bond acceptors (Lipinski definition) is 3. The number of benzene rings is 2. The maximum absolute atomic E-state index is 13.3. The van der Waals surface area contributed by atoms with Gasteiger partial charge in [0.2, 0.25) is 5.91 Å². The van der Waals surface area contributed by atoms with Gasteiger partial charge in [0.1, 0.15) is 6.54 Å². The lowest BCUT2D eigenvalue weighted by Gasteiger charge is -2.33. The minimum Gasteiger partial charge on any atom is -0.341 e. The topological polar surface area (TPSA) is 57.7 Å². The van der Waals surface area contributed by atoms with Crippen LogP contribution in [0.4, 0.5) is 5.69 Å². The van der Waals surface area contributed by atoms with Crippen molar-refractivity contribution in [2.45, 2.75) is 24.7 Å². The van der Waals surface area contributed by atoms with Crippen LogP contribution in [0.25, 0.3) is 0 Å². The molecule has 1 saturated heterocycles. The van der Waals surface area contributed by atoms with Crippen LogP contribution in [-0.4, -0.2) is 38.9 Å². The molecule has 0 radical (unpaired) electrons. The SMILES string of the molecule is C[C@@H]1CCCN(C(=O)CN(c2cccc(Cl)c2)S(=O)(=O)c2ccc(Cl)cc2)C1. The molecule has 0 aliphatic carbocycles. The van der Waals surface area contributed by atoms with Crippen LogP contribution in [0.15, 0.2) is 53.4 Å². The van der Waals surface area contributed by atoms with Crippen LogP contribution in [0.2, 0.25) is 10.0 Å². The molecule has 0 saturated carbocycles. The normalized spacial score (nSPS) is 17.4. The van der Waals surface area contributed by atoms with E-state index in [0.717, 1.165) is 17.1 Å². The molecular formula is C20H22Cl2N2O3S. The fraction of sp³-hybridized carbons (Fsp3) is 0.350. The number of halogens is 2. The van der Waals surface area contributed by atoms with Crippen LogP contribution < -0.4 is 4.31 Å². The average molecular weight is 441 g/mol. The van der Waals surface area contributed by atoms with Crippen LogP contribution in [0.3, 0.4) is 0 Å². The molecule has 1 aliphatic heterocycles. The summed E-state index contributed by atoms with van der Waals surface area (Å²) < 4.78 is 27.7. The van der Waals surface area contributed by atoms with E-state index in [9.17, 15) is 13.2 Å². The Bertz CT molecular complexity index is 948. The van der Waals surface area contributed by atoms with Crippen molar-refractivity contribution < 1.29 is 13.2 Å². The van der Waals surface area contributed by atoms with E-state index in [-0.39, 0.29) is 17.3 Å². The molecule has 2 aromatic rings. The van der Waals surface area contributed by atoms with E-state index >= 15 is 0 Å². The summed E-state index contributed by atoms with van der Waals surface area (Å²) in [6, 6.07) is 12.4. The molecule has 28 heavy (non-hydrogen) atoms. The van der Waals surface area contributed by atoms with E-state index in [2.05, 4.69) is 6.92 Å². The monoisotopic (exact) mass is 440 g/mol. The van der Waals surface area contributed by atoms with Gasteiger partial charge in [-0.3, -0.25) is 9.10 Å². The number of anilines is 1. The Morgan fingerprint density at radius 3 is 2.50 bits per heavy atom. The highest BCUT2D eigenvalue weighted by atomic mass is 35.5. The summed E-state index contributed by atoms with van der Waals surface area (Å²) in [5, 5.41) is 0.833. The number of amides is 1. The summed E-state index contributed by atoms with van der Waals surface area (Å²) in [6.07, 6.45) is 2.00. The van der Waals surface area contributed by atoms with Crippen molar-refractivity contribution in [3.05, 3.63) is 58.6 Å². The Morgan fingerprint density at radius 2 is 1.86 bits per heavy atom. The zero-order chi connectivity index (χ0) is 20.3. The Hall–Kier alpha value is -1.76. The summed E-state index contributed by atoms with van der Waals surface area (Å²) in [4.78, 5) is 14.7. The fourth-order valence-corrected chi connectivity index (χ4v) is 5.04. The molecule has 0 N–H and O–H groups in total. The first kappa shape index (κ1) is 21.0. The van der Waals surface area contributed by atoms with Crippen LogP contribution in [-0.2, 0) is 14.8 Å². The summed E-state index contributed by atoms with van der Waals surface area (Å²) in [7, 11) is -3.97. The van der Waals surface area contributed by atoms with Gasteiger partial charge in [-0.1, -0.05) is 36.2 Å². The standard InChI is InChI=1S/C20H22Cl2N2O3S/c1-15-4-3-11-23(13-15)20(25)14-24(18-6-2-5-17(22)12-18)28(26,27)19-9-7-16(21)8-10-19/h2,5-10,12,15H,3-4,11,13-14H2,1H3/t15-/m1/s1. The average Bonchev–Trinajstić information content (AvgIpc) is 2.66. The zero-order valence-corrected chi connectivity index (χ0v) is 17.8. The third-order valence-electron chi connectivity index (χ3n) is 4.79. The van der Waals surface area contributed by atoms with Crippen LogP contribution >= 0.6 is 23.2 Å². The predicted octanol–water partition coefficient (Wildman–Crippen LogP) is 4.45. The van der Waals surface area contributed by atoms with Crippen molar-refractivity contribution >= 4 is 44.8 Å². The fourth-order valence-electron chi connectivity index (χ4n) is 3.32. The highest BCUT2D eigenvalue weighted by Crippen LogP contribution is 2.27. The summed E-state index contributed by atoms with van der Waals surface area (Å²) in [5.74, 6) is 0.189. The van der Waals surface area contributed by atoms with E-state index in [1.165, 1.54) is 24.3 Å². The molecule has 1 aliphatic rings. The minimum absolute atomic E-state index is 0.0664. The lowest BCUT2D eigenvalue weighted by atomic mass is 10.0. The third-order valence-corrected chi connectivity index (χ3v) is 7.06. The van der Waals surface area contributed by atoms with Gasteiger partial charge in [-0.2, -0.15) is 0 Å². The molecule has 150 valence electrons. The minimum atomic E-state index is -3.97. The van der Waals surface area contributed by atoms with Crippen molar-refractivity contribution in [1.82, 2.24) is 4.90 Å². The Kier molecular flexibility index (Phi) is 6.53. The van der Waals surface area contributed by atoms with Gasteiger partial charge >= 0.3 is 0 Å². The van der Waals surface area contributed by atoms with E-state index in [4.69, 9.17) is 23.2 Å². The first-order valence-electron chi connectivity index (χ1n) is 9.09. The number of nitrogens with zero attached hydrogens (tertiary/aromatic N) is 2. The Balaban J connectivity index is 1.95. The van der Waals surface area contributed by atoms with Gasteiger partial charge in [0, 0.05) is 23.1 Å². The highest BCUT2D eigenvalue weighted by Gasteiger charge is 2.30. The highest BCUT2D eigenvalue weighted by molar-refractivity contribution is 7.92. The van der Waals surface area contributed by atoms with Crippen molar-refractivity contribution in [2.75, 3.05) is 23.9 Å². The van der Waals surface area contributed by atoms with Crippen molar-refractivity contribution in [2.24, 2.45) is 5.92 Å². The molecule has 1 heterocycles. The van der Waals surface area contributed by atoms with Crippen molar-refractivity contribution in [3.8, 4) is 0 Å². The molecule has 0 bridgehead atoms. The summed E-state index contributed by atoms with van der Waals surface area (Å²) in [6.45, 7) is 3.10. The number of hydrogen-bond donors (Lipinski definition) is 0. The molecule has 8 heteroatoms. The van der Waals surface area contributed by atoms with E-state index in [1.807, 2.05) is 0 Å². The quantitative estimate of drug-likeness (QED) is 0.689. The van der Waals surface area contributed by atoms with Crippen molar-refractivity contribution in [3.63, 3.8) is 0 Å². The zero-order valence-electron chi connectivity index (χ0n) is 15.5. The van der Waals surface area contributed by atoms with Crippen molar-refractivity contribution in [1.29, 1.82) is 0 Å². The maximum Gasteiger partial charge on any atom is 0.264 e. The number of sulfonamides is 1. The van der Waals surface area contributed by atoms with Gasteiger partial charge < -0.3 is 4.90 Å². The number of carbonyl (C=O) groups is 1. The van der Waals surface area contributed by atoms with Gasteiger partial charge in [0.25, 0.3) is 10.0 Å². The lowest BCUT2D eigenvalue weighted by molar-refractivity contribution is -0.131. The Morgan fingerprint density at radius 1 is 1.14 bits per heavy atom. The molecule has 2 aromatic carbocycles. The third kappa shape index (κ3) is 4.80. The smallest absolute Gasteiger partial charge is 0.264 e. The van der Waals surface area contributed by atoms with Gasteiger partial charge in [0.15, 0.2) is 0 Å². The number of rotatable bonds is 5. The van der Waals surface area contributed by atoms with Crippen LogP contribution in [0.1, 0.15) is 19.8 Å². The lowest BCUT2D eigenvalue weighted by Crippen LogP contribution is -2.46. The van der Waals surface area contributed by atoms with Gasteiger partial charge in [0.05, 0.1) is 10.6 Å². The second kappa shape index (κ2) is 8.72. The molecule has 1 fully saturated rings. The second-order valence-corrected chi connectivity index (χ2v) is 9.77. The Labute approximate surface area is 175 Å². The first-order chi connectivity index (χ1) is 13.3.